The highest BCUT2D eigenvalue weighted by Gasteiger charge is 2.11. The first-order chi connectivity index (χ1) is 8.99. The summed E-state index contributed by atoms with van der Waals surface area (Å²) in [6, 6.07) is 5.69. The number of phenolic OH excluding ortho intramolecular Hbond substituents is 1. The van der Waals surface area contributed by atoms with Crippen molar-refractivity contribution in [1.29, 1.82) is 0 Å². The predicted molar refractivity (Wildman–Crippen MR) is 66.8 cm³/mol. The fourth-order valence-electron chi connectivity index (χ4n) is 1.56. The van der Waals surface area contributed by atoms with Gasteiger partial charge in [-0.2, -0.15) is 0 Å². The first kappa shape index (κ1) is 13.5. The maximum atomic E-state index is 13.4. The molecule has 0 fully saturated rings. The number of rotatable bonds is 3. The van der Waals surface area contributed by atoms with Crippen molar-refractivity contribution < 1.29 is 18.3 Å². The van der Waals surface area contributed by atoms with Crippen molar-refractivity contribution in [3.8, 4) is 5.75 Å². The van der Waals surface area contributed by atoms with Crippen LogP contribution in [-0.4, -0.2) is 5.11 Å². The molecule has 0 aliphatic carbocycles. The quantitative estimate of drug-likeness (QED) is 0.834. The van der Waals surface area contributed by atoms with Crippen LogP contribution >= 0.6 is 11.6 Å². The summed E-state index contributed by atoms with van der Waals surface area (Å²) < 4.78 is 39.1. The van der Waals surface area contributed by atoms with Gasteiger partial charge in [0.2, 0.25) is 0 Å². The summed E-state index contributed by atoms with van der Waals surface area (Å²) in [5.41, 5.74) is 0.131. The molecular weight excluding hydrogens is 279 g/mol. The lowest BCUT2D eigenvalue weighted by atomic mass is 10.2. The Labute approximate surface area is 112 Å². The zero-order valence-corrected chi connectivity index (χ0v) is 10.3. The van der Waals surface area contributed by atoms with Crippen LogP contribution in [0.25, 0.3) is 0 Å². The molecule has 0 heterocycles. The fraction of sp³-hybridized carbons (Fsp3) is 0.0769. The third kappa shape index (κ3) is 2.93. The highest BCUT2D eigenvalue weighted by atomic mass is 35.5. The van der Waals surface area contributed by atoms with E-state index < -0.39 is 17.5 Å². The van der Waals surface area contributed by atoms with Gasteiger partial charge in [0.1, 0.15) is 11.6 Å². The Bertz CT molecular complexity index is 599. The van der Waals surface area contributed by atoms with E-state index in [2.05, 4.69) is 5.32 Å². The van der Waals surface area contributed by atoms with Crippen LogP contribution in [0.2, 0.25) is 5.02 Å². The molecule has 0 saturated heterocycles. The van der Waals surface area contributed by atoms with Gasteiger partial charge in [-0.3, -0.25) is 0 Å². The summed E-state index contributed by atoms with van der Waals surface area (Å²) in [5, 5.41) is 12.4. The van der Waals surface area contributed by atoms with Crippen LogP contribution in [0.4, 0.5) is 18.9 Å². The summed E-state index contributed by atoms with van der Waals surface area (Å²) in [5.74, 6) is -3.41. The molecule has 2 aromatic carbocycles. The normalized spacial score (nSPS) is 10.5. The van der Waals surface area contributed by atoms with Crippen molar-refractivity contribution in [3.63, 3.8) is 0 Å². The van der Waals surface area contributed by atoms with Gasteiger partial charge in [-0.05, 0) is 12.1 Å². The third-order valence-corrected chi connectivity index (χ3v) is 2.91. The van der Waals surface area contributed by atoms with E-state index >= 15 is 0 Å². The van der Waals surface area contributed by atoms with E-state index in [4.69, 9.17) is 11.6 Å². The van der Waals surface area contributed by atoms with E-state index in [0.717, 1.165) is 0 Å². The van der Waals surface area contributed by atoms with Crippen LogP contribution in [0.5, 0.6) is 5.75 Å². The second-order valence-corrected chi connectivity index (χ2v) is 4.24. The first-order valence-corrected chi connectivity index (χ1v) is 5.71. The number of halogens is 4. The molecule has 2 nitrogen and oxygen atoms in total. The summed E-state index contributed by atoms with van der Waals surface area (Å²) >= 11 is 5.86. The van der Waals surface area contributed by atoms with Gasteiger partial charge in [-0.15, -0.1) is 0 Å². The van der Waals surface area contributed by atoms with Crippen molar-refractivity contribution in [1.82, 2.24) is 0 Å². The molecule has 0 radical (unpaired) electrons. The van der Waals surface area contributed by atoms with Gasteiger partial charge in [0.15, 0.2) is 11.6 Å². The lowest BCUT2D eigenvalue weighted by molar-refractivity contribution is 0.469. The van der Waals surface area contributed by atoms with Crippen LogP contribution in [0.1, 0.15) is 5.56 Å². The second kappa shape index (κ2) is 5.40. The van der Waals surface area contributed by atoms with Crippen LogP contribution in [0, 0.1) is 17.5 Å². The Balaban J connectivity index is 2.22. The van der Waals surface area contributed by atoms with Crippen LogP contribution in [0.3, 0.4) is 0 Å². The maximum Gasteiger partial charge on any atom is 0.161 e. The zero-order valence-electron chi connectivity index (χ0n) is 9.55. The highest BCUT2D eigenvalue weighted by molar-refractivity contribution is 6.31. The van der Waals surface area contributed by atoms with Crippen molar-refractivity contribution in [3.05, 3.63) is 58.4 Å². The average molecular weight is 288 g/mol. The van der Waals surface area contributed by atoms with E-state index in [1.54, 1.807) is 12.1 Å². The Kier molecular flexibility index (Phi) is 3.85. The van der Waals surface area contributed by atoms with Crippen LogP contribution in [-0.2, 0) is 6.54 Å². The van der Waals surface area contributed by atoms with Gasteiger partial charge in [0, 0.05) is 29.3 Å². The number of hydrogen-bond acceptors (Lipinski definition) is 2. The molecular formula is C13H9ClF3NO. The fourth-order valence-corrected chi connectivity index (χ4v) is 1.80. The smallest absolute Gasteiger partial charge is 0.161 e. The molecule has 0 atom stereocenters. The molecule has 0 saturated carbocycles. The summed E-state index contributed by atoms with van der Waals surface area (Å²) in [7, 11) is 0. The van der Waals surface area contributed by atoms with Crippen molar-refractivity contribution in [2.24, 2.45) is 0 Å². The van der Waals surface area contributed by atoms with Crippen LogP contribution in [0.15, 0.2) is 30.3 Å². The van der Waals surface area contributed by atoms with Gasteiger partial charge in [0.05, 0.1) is 5.69 Å². The topological polar surface area (TPSA) is 32.3 Å². The Morgan fingerprint density at radius 3 is 2.42 bits per heavy atom. The van der Waals surface area contributed by atoms with E-state index in [1.165, 1.54) is 6.07 Å². The van der Waals surface area contributed by atoms with E-state index in [1.807, 2.05) is 0 Å². The molecule has 0 spiro atoms. The summed E-state index contributed by atoms with van der Waals surface area (Å²) in [6.45, 7) is -0.0203. The highest BCUT2D eigenvalue weighted by Crippen LogP contribution is 2.27. The number of aromatic hydroxyl groups is 1. The van der Waals surface area contributed by atoms with Gasteiger partial charge in [0.25, 0.3) is 0 Å². The number of nitrogens with one attached hydrogen (secondary N) is 1. The molecule has 0 aliphatic heterocycles. The molecule has 0 bridgehead atoms. The number of benzene rings is 2. The molecule has 6 heteroatoms. The van der Waals surface area contributed by atoms with E-state index in [-0.39, 0.29) is 23.0 Å². The molecule has 0 amide bonds. The zero-order chi connectivity index (χ0) is 14.0. The number of hydrogen-bond donors (Lipinski definition) is 2. The molecule has 0 unspecified atom stereocenters. The number of anilines is 1. The second-order valence-electron chi connectivity index (χ2n) is 3.84. The van der Waals surface area contributed by atoms with Gasteiger partial charge in [-0.25, -0.2) is 13.2 Å². The van der Waals surface area contributed by atoms with Crippen molar-refractivity contribution in [2.75, 3.05) is 5.32 Å². The molecule has 0 aliphatic rings. The van der Waals surface area contributed by atoms with Gasteiger partial charge >= 0.3 is 0 Å². The molecule has 19 heavy (non-hydrogen) atoms. The molecule has 0 aromatic heterocycles. The predicted octanol–water partition coefficient (Wildman–Crippen LogP) is 4.08. The van der Waals surface area contributed by atoms with Crippen molar-refractivity contribution >= 4 is 17.3 Å². The SMILES string of the molecule is Oc1cccc(Cl)c1CNc1cc(F)c(F)cc1F. The molecule has 2 rings (SSSR count). The van der Waals surface area contributed by atoms with Crippen LogP contribution < -0.4 is 5.32 Å². The standard InChI is InChI=1S/C13H9ClF3NO/c14-8-2-1-3-13(19)7(8)6-18-12-5-10(16)9(15)4-11(12)17/h1-5,18-19H,6H2. The Morgan fingerprint density at radius 2 is 1.74 bits per heavy atom. The Morgan fingerprint density at radius 1 is 1.05 bits per heavy atom. The Hall–Kier alpha value is -1.88. The lowest BCUT2D eigenvalue weighted by Crippen LogP contribution is -2.03. The van der Waals surface area contributed by atoms with Gasteiger partial charge < -0.3 is 10.4 Å². The van der Waals surface area contributed by atoms with E-state index in [0.29, 0.717) is 17.7 Å². The molecule has 2 aromatic rings. The average Bonchev–Trinajstić information content (AvgIpc) is 2.34. The summed E-state index contributed by atoms with van der Waals surface area (Å²) in [4.78, 5) is 0. The monoisotopic (exact) mass is 287 g/mol. The first-order valence-electron chi connectivity index (χ1n) is 5.34. The third-order valence-electron chi connectivity index (χ3n) is 2.56. The maximum absolute atomic E-state index is 13.4. The van der Waals surface area contributed by atoms with E-state index in [9.17, 15) is 18.3 Å². The largest absolute Gasteiger partial charge is 0.508 e. The minimum Gasteiger partial charge on any atom is -0.508 e. The molecule has 2 N–H and O–H groups in total. The number of phenols is 1. The lowest BCUT2D eigenvalue weighted by Gasteiger charge is -2.10. The van der Waals surface area contributed by atoms with Crippen molar-refractivity contribution in [2.45, 2.75) is 6.54 Å². The molecule has 100 valence electrons. The van der Waals surface area contributed by atoms with Gasteiger partial charge in [-0.1, -0.05) is 17.7 Å². The minimum atomic E-state index is -1.26. The minimum absolute atomic E-state index is 0.0203. The summed E-state index contributed by atoms with van der Waals surface area (Å²) in [6.07, 6.45) is 0.